The monoisotopic (exact) mass is 252 g/mol. The van der Waals surface area contributed by atoms with E-state index in [1.54, 1.807) is 0 Å². The fraction of sp³-hybridized carbons (Fsp3) is 0.571. The molecule has 3 heteroatoms. The van der Waals surface area contributed by atoms with Gasteiger partial charge in [0.2, 0.25) is 0 Å². The fourth-order valence-corrected chi connectivity index (χ4v) is 2.72. The van der Waals surface area contributed by atoms with Gasteiger partial charge in [0.25, 0.3) is 0 Å². The van der Waals surface area contributed by atoms with Crippen molar-refractivity contribution in [1.82, 2.24) is 4.90 Å². The van der Waals surface area contributed by atoms with Crippen LogP contribution >= 0.6 is 11.8 Å². The zero-order chi connectivity index (χ0) is 12.7. The minimum atomic E-state index is 0.430. The van der Waals surface area contributed by atoms with Gasteiger partial charge in [-0.25, -0.2) is 0 Å². The summed E-state index contributed by atoms with van der Waals surface area (Å²) in [4.78, 5) is 2.41. The van der Waals surface area contributed by atoms with Crippen molar-refractivity contribution >= 4 is 11.8 Å². The van der Waals surface area contributed by atoms with E-state index < -0.39 is 0 Å². The van der Waals surface area contributed by atoms with E-state index in [0.29, 0.717) is 18.6 Å². The van der Waals surface area contributed by atoms with E-state index >= 15 is 0 Å². The first-order valence-electron chi connectivity index (χ1n) is 6.14. The molecule has 1 rings (SSSR count). The molecule has 96 valence electrons. The summed E-state index contributed by atoms with van der Waals surface area (Å²) >= 11 is 1.89. The summed E-state index contributed by atoms with van der Waals surface area (Å²) in [6, 6.07) is 11.6. The van der Waals surface area contributed by atoms with Crippen LogP contribution in [0, 0.1) is 0 Å². The minimum Gasteiger partial charge on any atom is -0.329 e. The van der Waals surface area contributed by atoms with Crippen molar-refractivity contribution in [2.45, 2.75) is 25.4 Å². The van der Waals surface area contributed by atoms with Crippen molar-refractivity contribution in [2.75, 3.05) is 25.6 Å². The fourth-order valence-electron chi connectivity index (χ4n) is 2.00. The third-order valence-electron chi connectivity index (χ3n) is 3.27. The summed E-state index contributed by atoms with van der Waals surface area (Å²) in [7, 11) is 2.18. The van der Waals surface area contributed by atoms with E-state index in [0.717, 1.165) is 12.2 Å². The Morgan fingerprint density at radius 2 is 1.94 bits per heavy atom. The van der Waals surface area contributed by atoms with Gasteiger partial charge in [-0.2, -0.15) is 11.8 Å². The maximum atomic E-state index is 5.91. The Kier molecular flexibility index (Phi) is 6.63. The lowest BCUT2D eigenvalue weighted by atomic mass is 10.0. The van der Waals surface area contributed by atoms with Crippen LogP contribution in [-0.2, 0) is 6.42 Å². The third kappa shape index (κ3) is 4.70. The molecule has 0 radical (unpaired) electrons. The Balaban J connectivity index is 2.59. The minimum absolute atomic E-state index is 0.430. The van der Waals surface area contributed by atoms with Crippen LogP contribution in [0.2, 0.25) is 0 Å². The highest BCUT2D eigenvalue weighted by atomic mass is 32.2. The van der Waals surface area contributed by atoms with E-state index in [4.69, 9.17) is 5.73 Å². The first-order valence-corrected chi connectivity index (χ1v) is 7.53. The largest absolute Gasteiger partial charge is 0.329 e. The van der Waals surface area contributed by atoms with E-state index in [1.165, 1.54) is 5.56 Å². The van der Waals surface area contributed by atoms with Gasteiger partial charge in [0, 0.05) is 24.4 Å². The molecular weight excluding hydrogens is 228 g/mol. The van der Waals surface area contributed by atoms with Crippen LogP contribution in [-0.4, -0.2) is 42.6 Å². The topological polar surface area (TPSA) is 29.3 Å². The maximum absolute atomic E-state index is 5.91. The molecule has 0 bridgehead atoms. The van der Waals surface area contributed by atoms with Crippen LogP contribution < -0.4 is 5.73 Å². The van der Waals surface area contributed by atoms with Crippen molar-refractivity contribution < 1.29 is 0 Å². The number of hydrogen-bond acceptors (Lipinski definition) is 3. The van der Waals surface area contributed by atoms with Gasteiger partial charge in [0.05, 0.1) is 0 Å². The van der Waals surface area contributed by atoms with Crippen molar-refractivity contribution in [3.8, 4) is 0 Å². The predicted molar refractivity (Wildman–Crippen MR) is 78.6 cm³/mol. The molecule has 1 aromatic rings. The second-order valence-corrected chi connectivity index (χ2v) is 5.46. The van der Waals surface area contributed by atoms with Crippen LogP contribution in [0.4, 0.5) is 0 Å². The Morgan fingerprint density at radius 3 is 2.47 bits per heavy atom. The van der Waals surface area contributed by atoms with E-state index in [-0.39, 0.29) is 0 Å². The van der Waals surface area contributed by atoms with Gasteiger partial charge < -0.3 is 5.73 Å². The number of nitrogens with two attached hydrogens (primary N) is 1. The second-order valence-electron chi connectivity index (χ2n) is 4.55. The highest BCUT2D eigenvalue weighted by molar-refractivity contribution is 7.98. The smallest absolute Gasteiger partial charge is 0.0258 e. The molecule has 17 heavy (non-hydrogen) atoms. The maximum Gasteiger partial charge on any atom is 0.0258 e. The zero-order valence-corrected chi connectivity index (χ0v) is 11.9. The molecule has 2 atom stereocenters. The van der Waals surface area contributed by atoms with Crippen molar-refractivity contribution in [3.05, 3.63) is 35.9 Å². The molecule has 2 nitrogen and oxygen atoms in total. The molecule has 2 N–H and O–H groups in total. The number of nitrogens with zero attached hydrogens (tertiary/aromatic N) is 1. The lowest BCUT2D eigenvalue weighted by Gasteiger charge is -2.32. The van der Waals surface area contributed by atoms with Crippen LogP contribution in [0.3, 0.4) is 0 Å². The van der Waals surface area contributed by atoms with Crippen LogP contribution in [0.5, 0.6) is 0 Å². The van der Waals surface area contributed by atoms with E-state index in [2.05, 4.69) is 55.5 Å². The first kappa shape index (κ1) is 14.6. The van der Waals surface area contributed by atoms with Crippen LogP contribution in [0.15, 0.2) is 30.3 Å². The summed E-state index contributed by atoms with van der Waals surface area (Å²) in [5, 5.41) is 0. The zero-order valence-electron chi connectivity index (χ0n) is 11.1. The highest BCUT2D eigenvalue weighted by Crippen LogP contribution is 2.12. The molecule has 0 aliphatic heterocycles. The van der Waals surface area contributed by atoms with E-state index in [9.17, 15) is 0 Å². The van der Waals surface area contributed by atoms with Gasteiger partial charge in [-0.05, 0) is 32.2 Å². The Hall–Kier alpha value is -0.510. The molecule has 0 heterocycles. The predicted octanol–water partition coefficient (Wildman–Crippen LogP) is 2.24. The number of benzene rings is 1. The average molecular weight is 252 g/mol. The molecule has 0 fully saturated rings. The lowest BCUT2D eigenvalue weighted by Crippen LogP contribution is -2.45. The molecule has 2 unspecified atom stereocenters. The van der Waals surface area contributed by atoms with Crippen molar-refractivity contribution in [1.29, 1.82) is 0 Å². The summed E-state index contributed by atoms with van der Waals surface area (Å²) in [5.41, 5.74) is 7.27. The van der Waals surface area contributed by atoms with Crippen molar-refractivity contribution in [3.63, 3.8) is 0 Å². The second kappa shape index (κ2) is 7.75. The van der Waals surface area contributed by atoms with Gasteiger partial charge >= 0.3 is 0 Å². The van der Waals surface area contributed by atoms with Gasteiger partial charge in [-0.1, -0.05) is 30.3 Å². The molecule has 0 aliphatic carbocycles. The van der Waals surface area contributed by atoms with Crippen LogP contribution in [0.25, 0.3) is 0 Å². The molecule has 0 spiro atoms. The highest BCUT2D eigenvalue weighted by Gasteiger charge is 2.18. The van der Waals surface area contributed by atoms with Gasteiger partial charge in [0.15, 0.2) is 0 Å². The molecule has 0 aliphatic rings. The summed E-state index contributed by atoms with van der Waals surface area (Å²) < 4.78 is 0. The molecule has 0 saturated heterocycles. The number of likely N-dealkylation sites (N-methyl/N-ethyl adjacent to an activating group) is 1. The molecule has 0 aromatic heterocycles. The van der Waals surface area contributed by atoms with Gasteiger partial charge in [0.1, 0.15) is 0 Å². The average Bonchev–Trinajstić information content (AvgIpc) is 2.36. The number of hydrogen-bond donors (Lipinski definition) is 1. The van der Waals surface area contributed by atoms with Crippen LogP contribution in [0.1, 0.15) is 12.5 Å². The quantitative estimate of drug-likeness (QED) is 0.807. The molecule has 0 amide bonds. The summed E-state index contributed by atoms with van der Waals surface area (Å²) in [5.74, 6) is 1.15. The number of rotatable bonds is 7. The van der Waals surface area contributed by atoms with Crippen molar-refractivity contribution in [2.24, 2.45) is 5.73 Å². The molecule has 0 saturated carbocycles. The van der Waals surface area contributed by atoms with E-state index in [1.807, 2.05) is 11.8 Å². The SMILES string of the molecule is CSCC(C)N(C)C(CN)Cc1ccccc1. The molecule has 1 aromatic carbocycles. The Bertz CT molecular complexity index is 302. The standard InChI is InChI=1S/C14H24N2S/c1-12(11-17-3)16(2)14(10-15)9-13-7-5-4-6-8-13/h4-8,12,14H,9-11,15H2,1-3H3. The lowest BCUT2D eigenvalue weighted by molar-refractivity contribution is 0.201. The Morgan fingerprint density at radius 1 is 1.29 bits per heavy atom. The van der Waals surface area contributed by atoms with Gasteiger partial charge in [-0.15, -0.1) is 0 Å². The van der Waals surface area contributed by atoms with Gasteiger partial charge in [-0.3, -0.25) is 4.90 Å². The Labute approximate surface area is 110 Å². The summed E-state index contributed by atoms with van der Waals surface area (Å²) in [6.45, 7) is 2.98. The summed E-state index contributed by atoms with van der Waals surface area (Å²) in [6.07, 6.45) is 3.19. The number of thioether (sulfide) groups is 1. The third-order valence-corrected chi connectivity index (χ3v) is 4.08. The first-order chi connectivity index (χ1) is 8.19. The molecular formula is C14H24N2S. The normalized spacial score (nSPS) is 14.9.